The molecule has 2 aliphatic rings. The molecule has 0 bridgehead atoms. The molecule has 1 saturated carbocycles. The van der Waals surface area contributed by atoms with Crippen LogP contribution in [0.2, 0.25) is 0 Å². The number of nitrogens with one attached hydrogen (secondary N) is 1. The summed E-state index contributed by atoms with van der Waals surface area (Å²) >= 11 is 0. The van der Waals surface area contributed by atoms with Crippen LogP contribution in [0.4, 0.5) is 0 Å². The van der Waals surface area contributed by atoms with E-state index in [9.17, 15) is 4.79 Å². The predicted molar refractivity (Wildman–Crippen MR) is 127 cm³/mol. The van der Waals surface area contributed by atoms with Gasteiger partial charge < -0.3 is 15.6 Å². The van der Waals surface area contributed by atoms with Crippen molar-refractivity contribution in [1.29, 1.82) is 0 Å². The zero-order valence-corrected chi connectivity index (χ0v) is 18.6. The first-order valence-corrected chi connectivity index (χ1v) is 11.0. The van der Waals surface area contributed by atoms with E-state index in [0.29, 0.717) is 17.7 Å². The van der Waals surface area contributed by atoms with Crippen molar-refractivity contribution < 1.29 is 4.79 Å². The van der Waals surface area contributed by atoms with Gasteiger partial charge in [-0.15, -0.1) is 0 Å². The average Bonchev–Trinajstić information content (AvgIpc) is 3.26. The number of amides is 1. The minimum Gasteiger partial charge on any atom is -0.344 e. The maximum absolute atomic E-state index is 13.1. The maximum Gasteiger partial charge on any atom is 0.226 e. The van der Waals surface area contributed by atoms with Gasteiger partial charge in [-0.3, -0.25) is 4.79 Å². The lowest BCUT2D eigenvalue weighted by Crippen LogP contribution is -2.38. The first kappa shape index (κ1) is 29.8. The quantitative estimate of drug-likeness (QED) is 0.639. The molecule has 0 spiro atoms. The fraction of sp³-hybridized carbons (Fsp3) is 0.833. The zero-order valence-electron chi connectivity index (χ0n) is 18.6. The second kappa shape index (κ2) is 14.6. The SMILES string of the molecule is C.C.CC.CC.Cc1nc(C2CC(C)CN2C(=O)C2CCC(CN)CC2)[nH]c1C. The summed E-state index contributed by atoms with van der Waals surface area (Å²) in [6.07, 6.45) is 5.19. The highest BCUT2D eigenvalue weighted by atomic mass is 16.2. The Hall–Kier alpha value is -1.36. The van der Waals surface area contributed by atoms with Gasteiger partial charge in [0, 0.05) is 18.2 Å². The second-order valence-electron chi connectivity index (χ2n) is 7.63. The van der Waals surface area contributed by atoms with Gasteiger partial charge in [0.1, 0.15) is 5.82 Å². The van der Waals surface area contributed by atoms with Crippen LogP contribution in [-0.4, -0.2) is 33.9 Å². The lowest BCUT2D eigenvalue weighted by Gasteiger charge is -2.32. The number of carbonyl (C=O) groups is 1. The zero-order chi connectivity index (χ0) is 20.6. The van der Waals surface area contributed by atoms with Crippen molar-refractivity contribution in [2.75, 3.05) is 13.1 Å². The number of H-pyrrole nitrogens is 1. The van der Waals surface area contributed by atoms with Crippen LogP contribution in [0.15, 0.2) is 0 Å². The number of aromatic amines is 1. The monoisotopic (exact) mass is 410 g/mol. The number of rotatable bonds is 3. The molecule has 2 unspecified atom stereocenters. The van der Waals surface area contributed by atoms with Crippen molar-refractivity contribution in [3.63, 3.8) is 0 Å². The molecular formula is C24H50N4O. The van der Waals surface area contributed by atoms with Gasteiger partial charge in [0.25, 0.3) is 0 Å². The summed E-state index contributed by atoms with van der Waals surface area (Å²) in [6, 6.07) is 0.122. The molecule has 0 radical (unpaired) electrons. The molecular weight excluding hydrogens is 360 g/mol. The molecule has 1 saturated heterocycles. The number of aryl methyl sites for hydroxylation is 2. The Balaban J connectivity index is 0. The highest BCUT2D eigenvalue weighted by Crippen LogP contribution is 2.38. The van der Waals surface area contributed by atoms with E-state index in [-0.39, 0.29) is 26.8 Å². The summed E-state index contributed by atoms with van der Waals surface area (Å²) in [4.78, 5) is 23.2. The highest BCUT2D eigenvalue weighted by molar-refractivity contribution is 5.79. The largest absolute Gasteiger partial charge is 0.344 e. The standard InChI is InChI=1S/C18H30N4O.2C2H6.2CH4/c1-11-8-16(17-20-12(2)13(3)21-17)22(10-11)18(23)15-6-4-14(9-19)5-7-15;2*1-2;;/h11,14-16H,4-10,19H2,1-3H3,(H,20,21);2*1-2H3;2*1H4. The third-order valence-electron chi connectivity index (χ3n) is 5.78. The van der Waals surface area contributed by atoms with Gasteiger partial charge in [0.2, 0.25) is 5.91 Å². The minimum atomic E-state index is 0. The van der Waals surface area contributed by atoms with Gasteiger partial charge in [-0.05, 0) is 64.3 Å². The molecule has 1 aliphatic heterocycles. The molecule has 5 heteroatoms. The number of likely N-dealkylation sites (tertiary alicyclic amines) is 1. The Morgan fingerprint density at radius 3 is 2.10 bits per heavy atom. The topological polar surface area (TPSA) is 75.0 Å². The van der Waals surface area contributed by atoms with Crippen molar-refractivity contribution in [2.45, 2.75) is 101 Å². The van der Waals surface area contributed by atoms with E-state index >= 15 is 0 Å². The maximum atomic E-state index is 13.1. The Morgan fingerprint density at radius 1 is 1.10 bits per heavy atom. The number of nitrogens with two attached hydrogens (primary N) is 1. The number of hydrogen-bond donors (Lipinski definition) is 2. The van der Waals surface area contributed by atoms with Crippen molar-refractivity contribution in [3.05, 3.63) is 17.2 Å². The predicted octanol–water partition coefficient (Wildman–Crippen LogP) is 6.03. The van der Waals surface area contributed by atoms with Crippen LogP contribution in [0.1, 0.15) is 105 Å². The Bertz CT molecular complexity index is 542. The Kier molecular flexibility index (Phi) is 15.0. The van der Waals surface area contributed by atoms with Crippen molar-refractivity contribution in [2.24, 2.45) is 23.5 Å². The molecule has 2 heterocycles. The number of imidazole rings is 1. The van der Waals surface area contributed by atoms with Crippen LogP contribution in [0.25, 0.3) is 0 Å². The van der Waals surface area contributed by atoms with E-state index in [0.717, 1.165) is 62.4 Å². The smallest absolute Gasteiger partial charge is 0.226 e. The van der Waals surface area contributed by atoms with Crippen LogP contribution in [0.5, 0.6) is 0 Å². The van der Waals surface area contributed by atoms with Crippen molar-refractivity contribution in [3.8, 4) is 0 Å². The number of hydrogen-bond acceptors (Lipinski definition) is 3. The molecule has 172 valence electrons. The third kappa shape index (κ3) is 7.44. The van der Waals surface area contributed by atoms with Crippen molar-refractivity contribution >= 4 is 5.91 Å². The fourth-order valence-corrected chi connectivity index (χ4v) is 4.16. The van der Waals surface area contributed by atoms with Crippen LogP contribution >= 0.6 is 0 Å². The van der Waals surface area contributed by atoms with Gasteiger partial charge in [-0.25, -0.2) is 4.98 Å². The van der Waals surface area contributed by atoms with E-state index in [1.807, 2.05) is 41.5 Å². The molecule has 2 atom stereocenters. The molecule has 3 rings (SSSR count). The molecule has 0 aromatic carbocycles. The summed E-state index contributed by atoms with van der Waals surface area (Å²) in [7, 11) is 0. The van der Waals surface area contributed by atoms with Crippen molar-refractivity contribution in [1.82, 2.24) is 14.9 Å². The number of carbonyl (C=O) groups excluding carboxylic acids is 1. The molecule has 1 aromatic rings. The van der Waals surface area contributed by atoms with Crippen LogP contribution in [-0.2, 0) is 4.79 Å². The van der Waals surface area contributed by atoms with Gasteiger partial charge in [0.05, 0.1) is 11.7 Å². The molecule has 29 heavy (non-hydrogen) atoms. The summed E-state index contributed by atoms with van der Waals surface area (Å²) in [6.45, 7) is 15.9. The van der Waals surface area contributed by atoms with E-state index in [4.69, 9.17) is 5.73 Å². The molecule has 5 nitrogen and oxygen atoms in total. The van der Waals surface area contributed by atoms with Crippen LogP contribution in [0, 0.1) is 31.6 Å². The molecule has 1 aromatic heterocycles. The second-order valence-corrected chi connectivity index (χ2v) is 7.63. The Labute approximate surface area is 181 Å². The summed E-state index contributed by atoms with van der Waals surface area (Å²) in [5.74, 6) is 2.63. The molecule has 2 fully saturated rings. The van der Waals surface area contributed by atoms with E-state index in [1.165, 1.54) is 0 Å². The fourth-order valence-electron chi connectivity index (χ4n) is 4.16. The van der Waals surface area contributed by atoms with Gasteiger partial charge in [0.15, 0.2) is 0 Å². The minimum absolute atomic E-state index is 0. The summed E-state index contributed by atoms with van der Waals surface area (Å²) < 4.78 is 0. The first-order chi connectivity index (χ1) is 13.0. The molecule has 1 amide bonds. The summed E-state index contributed by atoms with van der Waals surface area (Å²) in [5.41, 5.74) is 7.92. The molecule has 1 aliphatic carbocycles. The summed E-state index contributed by atoms with van der Waals surface area (Å²) in [5, 5.41) is 0. The average molecular weight is 411 g/mol. The lowest BCUT2D eigenvalue weighted by molar-refractivity contribution is -0.138. The number of aromatic nitrogens is 2. The lowest BCUT2D eigenvalue weighted by atomic mass is 9.81. The van der Waals surface area contributed by atoms with Gasteiger partial charge >= 0.3 is 0 Å². The van der Waals surface area contributed by atoms with E-state index < -0.39 is 0 Å². The normalized spacial score (nSPS) is 25.4. The highest BCUT2D eigenvalue weighted by Gasteiger charge is 2.39. The Morgan fingerprint density at radius 2 is 1.66 bits per heavy atom. The van der Waals surface area contributed by atoms with E-state index in [2.05, 4.69) is 21.8 Å². The van der Waals surface area contributed by atoms with Gasteiger partial charge in [-0.1, -0.05) is 49.5 Å². The third-order valence-corrected chi connectivity index (χ3v) is 5.78. The van der Waals surface area contributed by atoms with Crippen LogP contribution in [0.3, 0.4) is 0 Å². The number of nitrogens with zero attached hydrogens (tertiary/aromatic N) is 2. The van der Waals surface area contributed by atoms with Gasteiger partial charge in [-0.2, -0.15) is 0 Å². The van der Waals surface area contributed by atoms with E-state index in [1.54, 1.807) is 0 Å². The molecule has 3 N–H and O–H groups in total. The van der Waals surface area contributed by atoms with Crippen LogP contribution < -0.4 is 5.73 Å². The first-order valence-electron chi connectivity index (χ1n) is 11.0.